The molecule has 0 N–H and O–H groups in total. The summed E-state index contributed by atoms with van der Waals surface area (Å²) in [6.07, 6.45) is 1.20. The minimum absolute atomic E-state index is 0.101. The largest absolute Gasteiger partial charge is 0.493 e. The molecule has 1 heterocycles. The molecule has 0 aromatic heterocycles. The van der Waals surface area contributed by atoms with Crippen LogP contribution in [0.1, 0.15) is 16.7 Å². The normalized spacial score (nSPS) is 13.2. The molecule has 1 aliphatic heterocycles. The Hall–Kier alpha value is -2.69. The second kappa shape index (κ2) is 7.47. The molecule has 0 saturated heterocycles. The Morgan fingerprint density at radius 2 is 1.64 bits per heavy atom. The number of ether oxygens (including phenoxy) is 3. The first-order valence-corrected chi connectivity index (χ1v) is 8.29. The number of fused-ring (bicyclic) bond motifs is 1. The van der Waals surface area contributed by atoms with Gasteiger partial charge in [-0.25, -0.2) is 0 Å². The maximum Gasteiger partial charge on any atom is 0.227 e. The van der Waals surface area contributed by atoms with Crippen LogP contribution >= 0.6 is 0 Å². The van der Waals surface area contributed by atoms with Crippen molar-refractivity contribution in [1.82, 2.24) is 4.90 Å². The number of amides is 1. The van der Waals surface area contributed by atoms with E-state index in [2.05, 4.69) is 12.1 Å². The van der Waals surface area contributed by atoms with E-state index in [-0.39, 0.29) is 5.91 Å². The molecule has 2 aromatic carbocycles. The number of carbonyl (C=O) groups is 1. The van der Waals surface area contributed by atoms with E-state index in [1.807, 2.05) is 29.2 Å². The molecule has 1 amide bonds. The average Bonchev–Trinajstić information content (AvgIpc) is 2.66. The Kier molecular flexibility index (Phi) is 5.12. The van der Waals surface area contributed by atoms with Gasteiger partial charge in [0.1, 0.15) is 0 Å². The van der Waals surface area contributed by atoms with E-state index in [1.54, 1.807) is 21.3 Å². The van der Waals surface area contributed by atoms with E-state index in [9.17, 15) is 4.79 Å². The third-order valence-electron chi connectivity index (χ3n) is 4.56. The molecular weight excluding hydrogens is 318 g/mol. The lowest BCUT2D eigenvalue weighted by atomic mass is 9.99. The van der Waals surface area contributed by atoms with Crippen LogP contribution in [0.2, 0.25) is 0 Å². The molecule has 25 heavy (non-hydrogen) atoms. The highest BCUT2D eigenvalue weighted by atomic mass is 16.5. The number of hydrogen-bond donors (Lipinski definition) is 0. The Balaban J connectivity index is 1.77. The van der Waals surface area contributed by atoms with Gasteiger partial charge in [0.2, 0.25) is 11.7 Å². The van der Waals surface area contributed by atoms with Crippen LogP contribution in [0.15, 0.2) is 36.4 Å². The first-order valence-electron chi connectivity index (χ1n) is 8.29. The fourth-order valence-electron chi connectivity index (χ4n) is 3.23. The van der Waals surface area contributed by atoms with Crippen molar-refractivity contribution in [2.24, 2.45) is 0 Å². The lowest BCUT2D eigenvalue weighted by Gasteiger charge is -2.29. The van der Waals surface area contributed by atoms with Gasteiger partial charge in [0.15, 0.2) is 11.5 Å². The molecule has 1 aliphatic rings. The van der Waals surface area contributed by atoms with Crippen molar-refractivity contribution in [2.75, 3.05) is 27.9 Å². The molecule has 132 valence electrons. The Morgan fingerprint density at radius 3 is 2.24 bits per heavy atom. The average molecular weight is 341 g/mol. The molecule has 0 aliphatic carbocycles. The van der Waals surface area contributed by atoms with E-state index in [0.29, 0.717) is 30.2 Å². The van der Waals surface area contributed by atoms with Gasteiger partial charge in [-0.3, -0.25) is 4.79 Å². The number of methoxy groups -OCH3 is 3. The maximum atomic E-state index is 12.7. The summed E-state index contributed by atoms with van der Waals surface area (Å²) in [7, 11) is 4.71. The SMILES string of the molecule is COc1cc(CC(=O)N2CCc3ccccc3C2)cc(OC)c1OC. The lowest BCUT2D eigenvalue weighted by Crippen LogP contribution is -2.36. The van der Waals surface area contributed by atoms with Gasteiger partial charge >= 0.3 is 0 Å². The number of rotatable bonds is 5. The zero-order valence-electron chi connectivity index (χ0n) is 14.9. The summed E-state index contributed by atoms with van der Waals surface area (Å²) >= 11 is 0. The minimum atomic E-state index is 0.101. The van der Waals surface area contributed by atoms with Gasteiger partial charge in [0.05, 0.1) is 27.8 Å². The zero-order valence-corrected chi connectivity index (χ0v) is 14.9. The topological polar surface area (TPSA) is 48.0 Å². The predicted molar refractivity (Wildman–Crippen MR) is 95.4 cm³/mol. The first kappa shape index (κ1) is 17.1. The maximum absolute atomic E-state index is 12.7. The Labute approximate surface area is 148 Å². The van der Waals surface area contributed by atoms with Crippen LogP contribution in [-0.2, 0) is 24.2 Å². The van der Waals surface area contributed by atoms with Crippen LogP contribution in [0.4, 0.5) is 0 Å². The first-order chi connectivity index (χ1) is 12.2. The fraction of sp³-hybridized carbons (Fsp3) is 0.350. The monoisotopic (exact) mass is 341 g/mol. The molecule has 3 rings (SSSR count). The lowest BCUT2D eigenvalue weighted by molar-refractivity contribution is -0.131. The third kappa shape index (κ3) is 3.55. The van der Waals surface area contributed by atoms with Gasteiger partial charge in [0.25, 0.3) is 0 Å². The van der Waals surface area contributed by atoms with Crippen molar-refractivity contribution in [3.05, 3.63) is 53.1 Å². The predicted octanol–water partition coefficient (Wildman–Crippen LogP) is 2.84. The van der Waals surface area contributed by atoms with E-state index < -0.39 is 0 Å². The van der Waals surface area contributed by atoms with Crippen LogP contribution in [0, 0.1) is 0 Å². The molecule has 0 fully saturated rings. The van der Waals surface area contributed by atoms with Crippen molar-refractivity contribution < 1.29 is 19.0 Å². The van der Waals surface area contributed by atoms with E-state index in [4.69, 9.17) is 14.2 Å². The number of nitrogens with zero attached hydrogens (tertiary/aromatic N) is 1. The van der Waals surface area contributed by atoms with Crippen LogP contribution in [0.25, 0.3) is 0 Å². The van der Waals surface area contributed by atoms with Crippen LogP contribution in [0.5, 0.6) is 17.2 Å². The van der Waals surface area contributed by atoms with E-state index in [0.717, 1.165) is 18.5 Å². The zero-order chi connectivity index (χ0) is 17.8. The molecule has 2 aromatic rings. The highest BCUT2D eigenvalue weighted by Gasteiger charge is 2.22. The van der Waals surface area contributed by atoms with Crippen molar-refractivity contribution in [2.45, 2.75) is 19.4 Å². The number of carbonyl (C=O) groups excluding carboxylic acids is 1. The number of hydrogen-bond acceptors (Lipinski definition) is 4. The molecule has 0 saturated carbocycles. The molecule has 0 bridgehead atoms. The summed E-state index contributed by atoms with van der Waals surface area (Å²) in [5.41, 5.74) is 3.41. The van der Waals surface area contributed by atoms with Gasteiger partial charge in [-0.05, 0) is 35.2 Å². The summed E-state index contributed by atoms with van der Waals surface area (Å²) in [5.74, 6) is 1.76. The third-order valence-corrected chi connectivity index (χ3v) is 4.56. The summed E-state index contributed by atoms with van der Waals surface area (Å²) in [6.45, 7) is 1.42. The van der Waals surface area contributed by atoms with Gasteiger partial charge in [-0.1, -0.05) is 24.3 Å². The molecule has 0 unspecified atom stereocenters. The second-order valence-corrected chi connectivity index (χ2v) is 6.04. The van der Waals surface area contributed by atoms with Crippen molar-refractivity contribution >= 4 is 5.91 Å². The smallest absolute Gasteiger partial charge is 0.227 e. The van der Waals surface area contributed by atoms with Gasteiger partial charge in [-0.15, -0.1) is 0 Å². The quantitative estimate of drug-likeness (QED) is 0.839. The number of benzene rings is 2. The van der Waals surface area contributed by atoms with E-state index in [1.165, 1.54) is 11.1 Å². The Bertz CT molecular complexity index is 747. The van der Waals surface area contributed by atoms with Gasteiger partial charge in [0, 0.05) is 13.1 Å². The molecule has 5 nitrogen and oxygen atoms in total. The van der Waals surface area contributed by atoms with Crippen molar-refractivity contribution in [3.63, 3.8) is 0 Å². The standard InChI is InChI=1S/C20H23NO4/c1-23-17-10-14(11-18(24-2)20(17)25-3)12-19(22)21-9-8-15-6-4-5-7-16(15)13-21/h4-7,10-11H,8-9,12-13H2,1-3H3. The van der Waals surface area contributed by atoms with Crippen LogP contribution < -0.4 is 14.2 Å². The van der Waals surface area contributed by atoms with Crippen LogP contribution in [-0.4, -0.2) is 38.7 Å². The second-order valence-electron chi connectivity index (χ2n) is 6.04. The van der Waals surface area contributed by atoms with Crippen LogP contribution in [0.3, 0.4) is 0 Å². The molecule has 0 radical (unpaired) electrons. The fourth-order valence-corrected chi connectivity index (χ4v) is 3.23. The summed E-state index contributed by atoms with van der Waals surface area (Å²) in [6, 6.07) is 12.0. The summed E-state index contributed by atoms with van der Waals surface area (Å²) in [5, 5.41) is 0. The van der Waals surface area contributed by atoms with Gasteiger partial charge in [-0.2, -0.15) is 0 Å². The molecule has 0 spiro atoms. The molecular formula is C20H23NO4. The molecule has 0 atom stereocenters. The summed E-state index contributed by atoms with van der Waals surface area (Å²) in [4.78, 5) is 14.7. The van der Waals surface area contributed by atoms with Crippen molar-refractivity contribution in [3.8, 4) is 17.2 Å². The highest BCUT2D eigenvalue weighted by Crippen LogP contribution is 2.38. The van der Waals surface area contributed by atoms with E-state index >= 15 is 0 Å². The minimum Gasteiger partial charge on any atom is -0.493 e. The van der Waals surface area contributed by atoms with Gasteiger partial charge < -0.3 is 19.1 Å². The van der Waals surface area contributed by atoms with Crippen molar-refractivity contribution in [1.29, 1.82) is 0 Å². The molecule has 5 heteroatoms. The summed E-state index contributed by atoms with van der Waals surface area (Å²) < 4.78 is 16.1. The highest BCUT2D eigenvalue weighted by molar-refractivity contribution is 5.79. The Morgan fingerprint density at radius 1 is 1.00 bits per heavy atom.